The van der Waals surface area contributed by atoms with Gasteiger partial charge in [-0.3, -0.25) is 0 Å². The summed E-state index contributed by atoms with van der Waals surface area (Å²) in [6.07, 6.45) is 4.99. The van der Waals surface area contributed by atoms with E-state index in [-0.39, 0.29) is 12.1 Å². The number of hydrogen-bond donors (Lipinski definition) is 1. The first-order valence-electron chi connectivity index (χ1n) is 15.0. The summed E-state index contributed by atoms with van der Waals surface area (Å²) in [5.41, 5.74) is 4.17. The lowest BCUT2D eigenvalue weighted by Gasteiger charge is -2.30. The highest BCUT2D eigenvalue weighted by molar-refractivity contribution is 9.10. The standard InChI is InChI=1S/C34H34Br2N4O4S/c1-21-29(32(41)44-26-11-7-4-8-12-26)30(40-33(37-21)38-34(39-40)45-20-23-9-5-3-6-10-23)24-17-27(36)31(28(18-24)42-2)43-19-22-13-15-25(35)16-14-22/h3,5-6,9-10,13-18,26,30H,4,7-8,11-12,19-20H2,1-2H3,(H,37,38,39). The second-order valence-corrected chi connectivity index (χ2v) is 13.8. The molecule has 4 aromatic rings. The fourth-order valence-corrected chi connectivity index (χ4v) is 7.28. The van der Waals surface area contributed by atoms with Gasteiger partial charge in [-0.1, -0.05) is 76.6 Å². The average Bonchev–Trinajstić information content (AvgIpc) is 3.46. The zero-order chi connectivity index (χ0) is 31.3. The molecule has 0 radical (unpaired) electrons. The van der Waals surface area contributed by atoms with E-state index in [1.807, 2.05) is 61.5 Å². The van der Waals surface area contributed by atoms with Crippen molar-refractivity contribution in [3.8, 4) is 11.5 Å². The molecule has 0 bridgehead atoms. The van der Waals surface area contributed by atoms with Crippen molar-refractivity contribution in [2.24, 2.45) is 0 Å². The number of hydrogen-bond acceptors (Lipinski definition) is 8. The molecule has 8 nitrogen and oxygen atoms in total. The molecule has 1 aliphatic carbocycles. The van der Waals surface area contributed by atoms with Crippen LogP contribution in [0.3, 0.4) is 0 Å². The zero-order valence-corrected chi connectivity index (χ0v) is 29.1. The number of thioether (sulfide) groups is 1. The number of esters is 1. The van der Waals surface area contributed by atoms with Gasteiger partial charge >= 0.3 is 5.97 Å². The number of nitrogens with zero attached hydrogens (tertiary/aromatic N) is 3. The van der Waals surface area contributed by atoms with Crippen molar-refractivity contribution < 1.29 is 19.0 Å². The number of ether oxygens (including phenoxy) is 3. The molecular formula is C34H34Br2N4O4S. The minimum Gasteiger partial charge on any atom is -0.493 e. The van der Waals surface area contributed by atoms with E-state index < -0.39 is 6.04 Å². The van der Waals surface area contributed by atoms with Crippen LogP contribution < -0.4 is 14.8 Å². The van der Waals surface area contributed by atoms with Crippen LogP contribution in [0.1, 0.15) is 61.8 Å². The second-order valence-electron chi connectivity index (χ2n) is 11.1. The number of methoxy groups -OCH3 is 1. The number of aromatic nitrogens is 3. The van der Waals surface area contributed by atoms with Crippen LogP contribution in [0.25, 0.3) is 0 Å². The monoisotopic (exact) mass is 752 g/mol. The van der Waals surface area contributed by atoms with Crippen LogP contribution in [-0.2, 0) is 21.9 Å². The molecule has 1 fully saturated rings. The minimum atomic E-state index is -0.596. The molecule has 234 valence electrons. The summed E-state index contributed by atoms with van der Waals surface area (Å²) >= 11 is 8.75. The second kappa shape index (κ2) is 14.4. The largest absolute Gasteiger partial charge is 0.493 e. The maximum atomic E-state index is 13.9. The van der Waals surface area contributed by atoms with E-state index in [1.165, 1.54) is 12.0 Å². The van der Waals surface area contributed by atoms with E-state index >= 15 is 0 Å². The van der Waals surface area contributed by atoms with Crippen LogP contribution >= 0.6 is 43.6 Å². The number of benzene rings is 3. The zero-order valence-electron chi connectivity index (χ0n) is 25.1. The number of carbonyl (C=O) groups excluding carboxylic acids is 1. The fraction of sp³-hybridized carbons (Fsp3) is 0.324. The number of allylic oxidation sites excluding steroid dienone is 1. The average molecular weight is 755 g/mol. The third-order valence-corrected chi connectivity index (χ3v) is 9.98. The molecule has 45 heavy (non-hydrogen) atoms. The quantitative estimate of drug-likeness (QED) is 0.127. The molecule has 1 unspecified atom stereocenters. The molecule has 1 N–H and O–H groups in total. The highest BCUT2D eigenvalue weighted by atomic mass is 79.9. The number of rotatable bonds is 10. The van der Waals surface area contributed by atoms with Crippen LogP contribution in [0, 0.1) is 0 Å². The number of nitrogens with one attached hydrogen (secondary N) is 1. The van der Waals surface area contributed by atoms with Crippen molar-refractivity contribution in [2.45, 2.75) is 68.7 Å². The summed E-state index contributed by atoms with van der Waals surface area (Å²) in [6, 6.07) is 21.5. The molecule has 2 aliphatic rings. The van der Waals surface area contributed by atoms with Crippen molar-refractivity contribution in [3.63, 3.8) is 0 Å². The van der Waals surface area contributed by atoms with Crippen LogP contribution in [0.5, 0.6) is 11.5 Å². The molecule has 1 aliphatic heterocycles. The number of carbonyl (C=O) groups is 1. The number of halogens is 2. The van der Waals surface area contributed by atoms with Crippen LogP contribution in [0.15, 0.2) is 92.1 Å². The maximum Gasteiger partial charge on any atom is 0.338 e. The van der Waals surface area contributed by atoms with Gasteiger partial charge in [-0.15, -0.1) is 5.10 Å². The van der Waals surface area contributed by atoms with Crippen LogP contribution in [0.2, 0.25) is 0 Å². The smallest absolute Gasteiger partial charge is 0.338 e. The van der Waals surface area contributed by atoms with Gasteiger partial charge in [-0.25, -0.2) is 9.48 Å². The maximum absolute atomic E-state index is 13.9. The molecule has 0 saturated heterocycles. The van der Waals surface area contributed by atoms with Gasteiger partial charge in [0.25, 0.3) is 0 Å². The van der Waals surface area contributed by atoms with E-state index in [0.717, 1.165) is 47.0 Å². The minimum absolute atomic E-state index is 0.0861. The molecular weight excluding hydrogens is 720 g/mol. The van der Waals surface area contributed by atoms with Crippen LogP contribution in [0.4, 0.5) is 5.95 Å². The Morgan fingerprint density at radius 1 is 1.02 bits per heavy atom. The Balaban J connectivity index is 1.34. The topological polar surface area (TPSA) is 87.5 Å². The Kier molecular flexibility index (Phi) is 10.2. The van der Waals surface area contributed by atoms with E-state index in [0.29, 0.717) is 45.0 Å². The normalized spacial score (nSPS) is 16.6. The summed E-state index contributed by atoms with van der Waals surface area (Å²) < 4.78 is 21.7. The molecule has 0 spiro atoms. The van der Waals surface area contributed by atoms with Gasteiger partial charge in [0.1, 0.15) is 18.8 Å². The first-order valence-corrected chi connectivity index (χ1v) is 17.5. The lowest BCUT2D eigenvalue weighted by Crippen LogP contribution is -2.32. The van der Waals surface area contributed by atoms with Gasteiger partial charge in [-0.05, 0) is 89.5 Å². The fourth-order valence-electron chi connectivity index (χ4n) is 5.66. The van der Waals surface area contributed by atoms with Gasteiger partial charge in [0, 0.05) is 15.9 Å². The molecule has 2 heterocycles. The summed E-state index contributed by atoms with van der Waals surface area (Å²) in [5, 5.41) is 8.84. The van der Waals surface area contributed by atoms with E-state index in [9.17, 15) is 4.79 Å². The number of anilines is 1. The lowest BCUT2D eigenvalue weighted by atomic mass is 9.94. The van der Waals surface area contributed by atoms with Gasteiger partial charge in [0.2, 0.25) is 11.1 Å². The highest BCUT2D eigenvalue weighted by Gasteiger charge is 2.37. The van der Waals surface area contributed by atoms with Crippen molar-refractivity contribution in [3.05, 3.63) is 104 Å². The van der Waals surface area contributed by atoms with Gasteiger partial charge < -0.3 is 19.5 Å². The Bertz CT molecular complexity index is 1690. The summed E-state index contributed by atoms with van der Waals surface area (Å²) in [6.45, 7) is 2.25. The predicted octanol–water partition coefficient (Wildman–Crippen LogP) is 8.85. The first kappa shape index (κ1) is 31.7. The summed E-state index contributed by atoms with van der Waals surface area (Å²) in [7, 11) is 1.61. The molecule has 1 atom stereocenters. The van der Waals surface area contributed by atoms with Crippen molar-refractivity contribution in [1.29, 1.82) is 0 Å². The molecule has 0 amide bonds. The van der Waals surface area contributed by atoms with Gasteiger partial charge in [-0.2, -0.15) is 4.98 Å². The SMILES string of the molecule is COc1cc(C2C(C(=O)OC3CCCCC3)=C(C)Nc3nc(SCc4ccccc4)nn32)cc(Br)c1OCc1ccc(Br)cc1. The molecule has 3 aromatic carbocycles. The lowest BCUT2D eigenvalue weighted by molar-refractivity contribution is -0.146. The summed E-state index contributed by atoms with van der Waals surface area (Å²) in [5.74, 6) is 2.05. The predicted molar refractivity (Wildman–Crippen MR) is 183 cm³/mol. The van der Waals surface area contributed by atoms with E-state index in [4.69, 9.17) is 24.3 Å². The highest BCUT2D eigenvalue weighted by Crippen LogP contribution is 2.44. The van der Waals surface area contributed by atoms with Crippen LogP contribution in [-0.4, -0.2) is 33.9 Å². The van der Waals surface area contributed by atoms with Gasteiger partial charge in [0.05, 0.1) is 17.2 Å². The Labute approximate surface area is 284 Å². The molecule has 6 rings (SSSR count). The Hall–Kier alpha value is -3.28. The first-order chi connectivity index (χ1) is 21.9. The number of fused-ring (bicyclic) bond motifs is 1. The van der Waals surface area contributed by atoms with E-state index in [1.54, 1.807) is 23.6 Å². The van der Waals surface area contributed by atoms with Crippen molar-refractivity contribution in [2.75, 3.05) is 12.4 Å². The molecule has 11 heteroatoms. The molecule has 1 aromatic heterocycles. The third-order valence-electron chi connectivity index (χ3n) is 7.95. The third kappa shape index (κ3) is 7.42. The summed E-state index contributed by atoms with van der Waals surface area (Å²) in [4.78, 5) is 18.7. The van der Waals surface area contributed by atoms with Crippen molar-refractivity contribution in [1.82, 2.24) is 14.8 Å². The van der Waals surface area contributed by atoms with Crippen molar-refractivity contribution >= 4 is 55.5 Å². The van der Waals surface area contributed by atoms with Gasteiger partial charge in [0.15, 0.2) is 11.5 Å². The Morgan fingerprint density at radius 2 is 1.78 bits per heavy atom. The molecule has 1 saturated carbocycles. The van der Waals surface area contributed by atoms with E-state index in [2.05, 4.69) is 49.3 Å². The Morgan fingerprint density at radius 3 is 2.51 bits per heavy atom.